The number of methoxy groups -OCH3 is 1. The Hall–Kier alpha value is -2.32. The number of hydrogen-bond donors (Lipinski definition) is 3. The van der Waals surface area contributed by atoms with Crippen LogP contribution in [0.1, 0.15) is 18.4 Å². The van der Waals surface area contributed by atoms with E-state index in [1.54, 1.807) is 6.07 Å². The highest BCUT2D eigenvalue weighted by Crippen LogP contribution is 2.27. The maximum absolute atomic E-state index is 12.6. The Morgan fingerprint density at radius 3 is 2.73 bits per heavy atom. The molecule has 4 N–H and O–H groups in total. The summed E-state index contributed by atoms with van der Waals surface area (Å²) in [6.45, 7) is 2.07. The number of anilines is 1. The second-order valence-corrected chi connectivity index (χ2v) is 5.92. The van der Waals surface area contributed by atoms with Crippen molar-refractivity contribution in [1.29, 1.82) is 0 Å². The Labute approximate surface area is 158 Å². The fourth-order valence-corrected chi connectivity index (χ4v) is 2.82. The molecule has 1 aromatic rings. The van der Waals surface area contributed by atoms with Crippen molar-refractivity contribution in [3.63, 3.8) is 0 Å². The molecule has 0 radical (unpaired) electrons. The molecule has 1 unspecified atom stereocenters. The molecular weight excluding hydrogens is 360 g/mol. The number of nitrogens with one attached hydrogen (secondary N) is 2. The van der Waals surface area contributed by atoms with Gasteiger partial charge < -0.3 is 26.0 Å². The summed E-state index contributed by atoms with van der Waals surface area (Å²) in [5.74, 6) is -0.404. The summed E-state index contributed by atoms with van der Waals surface area (Å²) in [5, 5.41) is 5.28. The van der Waals surface area contributed by atoms with Crippen LogP contribution in [0.5, 0.6) is 5.75 Å². The Bertz CT molecular complexity index is 668. The molecule has 0 bridgehead atoms. The number of likely N-dealkylation sites (tertiary alicyclic amines) is 1. The number of carbonyl (C=O) groups excluding carboxylic acids is 3. The van der Waals surface area contributed by atoms with Gasteiger partial charge in [0.15, 0.2) is 0 Å². The summed E-state index contributed by atoms with van der Waals surface area (Å²) < 4.78 is 5.26. The molecule has 8 nitrogen and oxygen atoms in total. The van der Waals surface area contributed by atoms with Crippen molar-refractivity contribution in [3.8, 4) is 5.75 Å². The van der Waals surface area contributed by atoms with Crippen LogP contribution in [0.15, 0.2) is 18.2 Å². The first-order chi connectivity index (χ1) is 12.0. The molecule has 1 aliphatic rings. The number of hydrogen-bond acceptors (Lipinski definition) is 5. The Morgan fingerprint density at radius 1 is 1.35 bits per heavy atom. The number of amides is 3. The van der Waals surface area contributed by atoms with Crippen LogP contribution >= 0.6 is 12.4 Å². The van der Waals surface area contributed by atoms with E-state index in [1.165, 1.54) is 12.0 Å². The Morgan fingerprint density at radius 2 is 2.08 bits per heavy atom. The van der Waals surface area contributed by atoms with Crippen molar-refractivity contribution < 1.29 is 19.1 Å². The Kier molecular flexibility index (Phi) is 8.34. The van der Waals surface area contributed by atoms with E-state index in [9.17, 15) is 14.4 Å². The molecule has 0 aromatic heterocycles. The molecule has 144 valence electrons. The molecule has 0 aliphatic carbocycles. The first-order valence-electron chi connectivity index (χ1n) is 8.18. The minimum atomic E-state index is -0.563. The number of carbonyl (C=O) groups is 3. The highest BCUT2D eigenvalue weighted by Gasteiger charge is 2.34. The highest BCUT2D eigenvalue weighted by atomic mass is 35.5. The lowest BCUT2D eigenvalue weighted by Crippen LogP contribution is -2.47. The normalized spacial score (nSPS) is 15.8. The van der Waals surface area contributed by atoms with Gasteiger partial charge in [0.25, 0.3) is 0 Å². The monoisotopic (exact) mass is 384 g/mol. The molecule has 1 atom stereocenters. The molecule has 1 saturated heterocycles. The van der Waals surface area contributed by atoms with E-state index in [0.717, 1.165) is 12.0 Å². The number of nitrogens with zero attached hydrogens (tertiary/aromatic N) is 1. The van der Waals surface area contributed by atoms with Gasteiger partial charge in [0.05, 0.1) is 25.9 Å². The molecule has 9 heteroatoms. The van der Waals surface area contributed by atoms with Crippen LogP contribution in [-0.2, 0) is 14.4 Å². The molecule has 2 rings (SSSR count). The first kappa shape index (κ1) is 21.7. The van der Waals surface area contributed by atoms with E-state index in [4.69, 9.17) is 10.5 Å². The summed E-state index contributed by atoms with van der Waals surface area (Å²) in [6.07, 6.45) is 1.32. The number of halogens is 1. The minimum Gasteiger partial charge on any atom is -0.495 e. The zero-order chi connectivity index (χ0) is 18.4. The SMILES string of the molecule is COc1ccc(C)cc1NC(=O)C1CCCN1C(=O)CNC(=O)CN.Cl. The number of ether oxygens (including phenoxy) is 1. The topological polar surface area (TPSA) is 114 Å². The van der Waals surface area contributed by atoms with Gasteiger partial charge in [-0.1, -0.05) is 6.07 Å². The largest absolute Gasteiger partial charge is 0.495 e. The molecule has 1 aromatic carbocycles. The van der Waals surface area contributed by atoms with E-state index in [-0.39, 0.29) is 37.3 Å². The van der Waals surface area contributed by atoms with Gasteiger partial charge in [-0.3, -0.25) is 14.4 Å². The van der Waals surface area contributed by atoms with Gasteiger partial charge in [-0.05, 0) is 37.5 Å². The second kappa shape index (κ2) is 9.98. The molecule has 0 saturated carbocycles. The first-order valence-corrected chi connectivity index (χ1v) is 8.18. The van der Waals surface area contributed by atoms with E-state index in [1.807, 2.05) is 19.1 Å². The predicted molar refractivity (Wildman–Crippen MR) is 100 cm³/mol. The van der Waals surface area contributed by atoms with Crippen LogP contribution in [0.2, 0.25) is 0 Å². The third-order valence-electron chi connectivity index (χ3n) is 4.11. The van der Waals surface area contributed by atoms with Crippen molar-refractivity contribution in [2.75, 3.05) is 32.1 Å². The number of aryl methyl sites for hydroxylation is 1. The van der Waals surface area contributed by atoms with Crippen LogP contribution in [-0.4, -0.2) is 55.4 Å². The fourth-order valence-electron chi connectivity index (χ4n) is 2.82. The second-order valence-electron chi connectivity index (χ2n) is 5.92. The van der Waals surface area contributed by atoms with E-state index in [2.05, 4.69) is 10.6 Å². The van der Waals surface area contributed by atoms with Crippen molar-refractivity contribution >= 4 is 35.8 Å². The molecular formula is C17H25ClN4O4. The van der Waals surface area contributed by atoms with Gasteiger partial charge >= 0.3 is 0 Å². The maximum atomic E-state index is 12.6. The number of rotatable bonds is 6. The third kappa shape index (κ3) is 5.34. The molecule has 1 aliphatic heterocycles. The highest BCUT2D eigenvalue weighted by molar-refractivity contribution is 5.99. The Balaban J connectivity index is 0.00000338. The van der Waals surface area contributed by atoms with Gasteiger partial charge in [0.1, 0.15) is 11.8 Å². The van der Waals surface area contributed by atoms with E-state index < -0.39 is 11.9 Å². The van der Waals surface area contributed by atoms with Gasteiger partial charge in [-0.15, -0.1) is 12.4 Å². The molecule has 3 amide bonds. The van der Waals surface area contributed by atoms with Crippen LogP contribution in [0.3, 0.4) is 0 Å². The summed E-state index contributed by atoms with van der Waals surface area (Å²) in [5.41, 5.74) is 6.76. The summed E-state index contributed by atoms with van der Waals surface area (Å²) in [6, 6.07) is 4.93. The minimum absolute atomic E-state index is 0. The van der Waals surface area contributed by atoms with Gasteiger partial charge in [-0.2, -0.15) is 0 Å². The van der Waals surface area contributed by atoms with Crippen molar-refractivity contribution in [1.82, 2.24) is 10.2 Å². The predicted octanol–water partition coefficient (Wildman–Crippen LogP) is 0.430. The number of nitrogens with two attached hydrogens (primary N) is 1. The standard InChI is InChI=1S/C17H24N4O4.ClH/c1-11-5-6-14(25-2)12(8-11)20-17(24)13-4-3-7-21(13)16(23)10-19-15(22)9-18;/h5-6,8,13H,3-4,7,9-10,18H2,1-2H3,(H,19,22)(H,20,24);1H. The lowest BCUT2D eigenvalue weighted by molar-refractivity contribution is -0.137. The summed E-state index contributed by atoms with van der Waals surface area (Å²) in [4.78, 5) is 37.6. The zero-order valence-corrected chi connectivity index (χ0v) is 15.7. The zero-order valence-electron chi connectivity index (χ0n) is 14.9. The van der Waals surface area contributed by atoms with Gasteiger partial charge in [0.2, 0.25) is 17.7 Å². The van der Waals surface area contributed by atoms with E-state index >= 15 is 0 Å². The van der Waals surface area contributed by atoms with Crippen LogP contribution < -0.4 is 21.1 Å². The lowest BCUT2D eigenvalue weighted by Gasteiger charge is -2.24. The average molecular weight is 385 g/mol. The van der Waals surface area contributed by atoms with Crippen molar-refractivity contribution in [2.45, 2.75) is 25.8 Å². The van der Waals surface area contributed by atoms with Crippen LogP contribution in [0.25, 0.3) is 0 Å². The molecule has 26 heavy (non-hydrogen) atoms. The summed E-state index contributed by atoms with van der Waals surface area (Å²) in [7, 11) is 1.53. The van der Waals surface area contributed by atoms with Crippen LogP contribution in [0, 0.1) is 6.92 Å². The molecule has 1 fully saturated rings. The molecule has 0 spiro atoms. The quantitative estimate of drug-likeness (QED) is 0.658. The average Bonchev–Trinajstić information content (AvgIpc) is 3.09. The maximum Gasteiger partial charge on any atom is 0.247 e. The lowest BCUT2D eigenvalue weighted by atomic mass is 10.1. The number of benzene rings is 1. The van der Waals surface area contributed by atoms with Crippen LogP contribution in [0.4, 0.5) is 5.69 Å². The van der Waals surface area contributed by atoms with Crippen molar-refractivity contribution in [3.05, 3.63) is 23.8 Å². The molecule has 1 heterocycles. The van der Waals surface area contributed by atoms with Gasteiger partial charge in [0, 0.05) is 6.54 Å². The summed E-state index contributed by atoms with van der Waals surface area (Å²) >= 11 is 0. The smallest absolute Gasteiger partial charge is 0.247 e. The third-order valence-corrected chi connectivity index (χ3v) is 4.11. The van der Waals surface area contributed by atoms with Gasteiger partial charge in [-0.25, -0.2) is 0 Å². The fraction of sp³-hybridized carbons (Fsp3) is 0.471. The van der Waals surface area contributed by atoms with Crippen molar-refractivity contribution in [2.24, 2.45) is 5.73 Å². The van der Waals surface area contributed by atoms with E-state index in [0.29, 0.717) is 24.4 Å².